The van der Waals surface area contributed by atoms with E-state index in [0.29, 0.717) is 6.42 Å². The molecule has 0 radical (unpaired) electrons. The van der Waals surface area contributed by atoms with Crippen molar-refractivity contribution in [3.05, 3.63) is 0 Å². The first-order valence-corrected chi connectivity index (χ1v) is 10.3. The number of guanidine groups is 1. The molecular weight excluding hydrogens is 472 g/mol. The number of carboxylic acid groups (broad SMARTS) is 2. The predicted octanol–water partition coefficient (Wildman–Crippen LogP) is -5.36. The minimum absolute atomic E-state index is 0.125. The monoisotopic (exact) mass is 504 g/mol. The first kappa shape index (κ1) is 31.0. The van der Waals surface area contributed by atoms with E-state index in [1.807, 2.05) is 5.32 Å². The fourth-order valence-electron chi connectivity index (χ4n) is 2.61. The van der Waals surface area contributed by atoms with Crippen molar-refractivity contribution >= 4 is 41.5 Å². The molecule has 0 aliphatic carbocycles. The van der Waals surface area contributed by atoms with Crippen LogP contribution >= 0.6 is 0 Å². The summed E-state index contributed by atoms with van der Waals surface area (Å²) in [7, 11) is 0. The molecule has 0 heterocycles. The lowest BCUT2D eigenvalue weighted by Crippen LogP contribution is -2.58. The zero-order valence-electron chi connectivity index (χ0n) is 18.8. The Hall–Kier alpha value is -3.99. The van der Waals surface area contributed by atoms with E-state index in [2.05, 4.69) is 15.6 Å². The summed E-state index contributed by atoms with van der Waals surface area (Å²) in [6, 6.07) is -5.98. The maximum Gasteiger partial charge on any atom is 0.328 e. The summed E-state index contributed by atoms with van der Waals surface area (Å²) >= 11 is 0. The Morgan fingerprint density at radius 2 is 1.34 bits per heavy atom. The van der Waals surface area contributed by atoms with Crippen LogP contribution in [0.25, 0.3) is 0 Å². The molecule has 17 heteroatoms. The summed E-state index contributed by atoms with van der Waals surface area (Å²) in [5.41, 5.74) is 21.2. The second kappa shape index (κ2) is 15.8. The largest absolute Gasteiger partial charge is 0.481 e. The van der Waals surface area contributed by atoms with Gasteiger partial charge in [0, 0.05) is 13.0 Å². The molecule has 0 aliphatic rings. The molecule has 0 aromatic carbocycles. The topological polar surface area (TPSA) is 316 Å². The van der Waals surface area contributed by atoms with Crippen LogP contribution in [0.2, 0.25) is 0 Å². The van der Waals surface area contributed by atoms with Gasteiger partial charge in [-0.15, -0.1) is 0 Å². The summed E-state index contributed by atoms with van der Waals surface area (Å²) in [4.78, 5) is 74.5. The van der Waals surface area contributed by atoms with Crippen LogP contribution in [0.15, 0.2) is 4.99 Å². The van der Waals surface area contributed by atoms with Crippen LogP contribution in [0.1, 0.15) is 32.1 Å². The number of aliphatic hydroxyl groups is 1. The van der Waals surface area contributed by atoms with Crippen LogP contribution in [0.5, 0.6) is 0 Å². The van der Waals surface area contributed by atoms with Gasteiger partial charge in [0.25, 0.3) is 0 Å². The lowest BCUT2D eigenvalue weighted by Gasteiger charge is -2.24. The number of carbonyl (C=O) groups is 6. The highest BCUT2D eigenvalue weighted by atomic mass is 16.4. The molecule has 0 fully saturated rings. The standard InChI is InChI=1S/C18H32N8O9/c19-8(2-1-5-23-18(21)22)14(31)24-9(3-4-13(29)30)15(32)25-10(6-12(20)28)16(33)26-11(7-27)17(34)35/h8-11,27H,1-7,19H2,(H2,20,28)(H,24,31)(H,25,32)(H,26,33)(H,29,30)(H,34,35)(H4,21,22,23). The number of nitrogens with one attached hydrogen (secondary N) is 3. The van der Waals surface area contributed by atoms with E-state index in [9.17, 15) is 28.8 Å². The third kappa shape index (κ3) is 13.3. The zero-order valence-corrected chi connectivity index (χ0v) is 18.8. The number of nitrogens with zero attached hydrogens (tertiary/aromatic N) is 1. The maximum atomic E-state index is 12.7. The van der Waals surface area contributed by atoms with E-state index in [1.165, 1.54) is 0 Å². The van der Waals surface area contributed by atoms with E-state index in [1.54, 1.807) is 0 Å². The van der Waals surface area contributed by atoms with Crippen LogP contribution in [0, 0.1) is 0 Å². The van der Waals surface area contributed by atoms with Crippen molar-refractivity contribution in [2.75, 3.05) is 13.2 Å². The Morgan fingerprint density at radius 3 is 1.83 bits per heavy atom. The number of carbonyl (C=O) groups excluding carboxylic acids is 4. The minimum atomic E-state index is -1.73. The van der Waals surface area contributed by atoms with E-state index < -0.39 is 85.6 Å². The highest BCUT2D eigenvalue weighted by Crippen LogP contribution is 2.04. The summed E-state index contributed by atoms with van der Waals surface area (Å²) in [6.45, 7) is -0.780. The van der Waals surface area contributed by atoms with Crippen LogP contribution in [0.3, 0.4) is 0 Å². The van der Waals surface area contributed by atoms with Gasteiger partial charge in [0.15, 0.2) is 5.96 Å². The lowest BCUT2D eigenvalue weighted by molar-refractivity contribution is -0.143. The van der Waals surface area contributed by atoms with E-state index in [4.69, 9.17) is 38.3 Å². The Bertz CT molecular complexity index is 816. The van der Waals surface area contributed by atoms with E-state index in [0.717, 1.165) is 0 Å². The van der Waals surface area contributed by atoms with E-state index >= 15 is 0 Å². The first-order valence-electron chi connectivity index (χ1n) is 10.3. The average Bonchev–Trinajstić information content (AvgIpc) is 2.75. The van der Waals surface area contributed by atoms with Gasteiger partial charge in [-0.3, -0.25) is 29.0 Å². The Balaban J connectivity index is 5.41. The molecule has 0 bridgehead atoms. The molecule has 14 N–H and O–H groups in total. The normalized spacial score (nSPS) is 13.9. The van der Waals surface area contributed by atoms with Crippen LogP contribution in [-0.4, -0.2) is 94.2 Å². The fourth-order valence-corrected chi connectivity index (χ4v) is 2.61. The lowest BCUT2D eigenvalue weighted by atomic mass is 10.1. The van der Waals surface area contributed by atoms with Gasteiger partial charge in [0.05, 0.1) is 19.1 Å². The number of amides is 4. The average molecular weight is 505 g/mol. The third-order valence-corrected chi connectivity index (χ3v) is 4.42. The number of hydrogen-bond acceptors (Lipinski definition) is 9. The molecule has 198 valence electrons. The number of rotatable bonds is 17. The summed E-state index contributed by atoms with van der Waals surface area (Å²) in [5.74, 6) is -7.04. The predicted molar refractivity (Wildman–Crippen MR) is 119 cm³/mol. The Morgan fingerprint density at radius 1 is 0.800 bits per heavy atom. The number of primary amides is 1. The Kier molecular flexibility index (Phi) is 14.0. The van der Waals surface area contributed by atoms with Crippen LogP contribution < -0.4 is 38.9 Å². The van der Waals surface area contributed by atoms with Gasteiger partial charge in [0.1, 0.15) is 18.1 Å². The van der Waals surface area contributed by atoms with Gasteiger partial charge in [-0.1, -0.05) is 0 Å². The van der Waals surface area contributed by atoms with Gasteiger partial charge >= 0.3 is 11.9 Å². The number of aliphatic carboxylic acids is 2. The Labute approximate surface area is 199 Å². The van der Waals surface area contributed by atoms with Crippen molar-refractivity contribution in [3.8, 4) is 0 Å². The molecule has 0 aromatic heterocycles. The molecular formula is C18H32N8O9. The molecule has 0 rings (SSSR count). The first-order chi connectivity index (χ1) is 16.3. The van der Waals surface area contributed by atoms with Gasteiger partial charge in [-0.2, -0.15) is 0 Å². The van der Waals surface area contributed by atoms with Crippen molar-refractivity contribution < 1.29 is 44.1 Å². The van der Waals surface area contributed by atoms with Crippen molar-refractivity contribution in [3.63, 3.8) is 0 Å². The highest BCUT2D eigenvalue weighted by Gasteiger charge is 2.31. The second-order valence-electron chi connectivity index (χ2n) is 7.36. The van der Waals surface area contributed by atoms with Crippen molar-refractivity contribution in [1.29, 1.82) is 0 Å². The minimum Gasteiger partial charge on any atom is -0.481 e. The SMILES string of the molecule is NC(=O)CC(NC(=O)C(CCC(=O)O)NC(=O)C(N)CCCN=C(N)N)C(=O)NC(CO)C(=O)O. The van der Waals surface area contributed by atoms with Crippen molar-refractivity contribution in [2.45, 2.75) is 56.3 Å². The molecule has 0 aliphatic heterocycles. The molecule has 4 amide bonds. The van der Waals surface area contributed by atoms with Gasteiger partial charge in [-0.25, -0.2) is 4.79 Å². The molecule has 0 spiro atoms. The quantitative estimate of drug-likeness (QED) is 0.0504. The van der Waals surface area contributed by atoms with E-state index in [-0.39, 0.29) is 18.9 Å². The number of aliphatic hydroxyl groups excluding tert-OH is 1. The summed E-state index contributed by atoms with van der Waals surface area (Å²) < 4.78 is 0. The van der Waals surface area contributed by atoms with Gasteiger partial charge in [0.2, 0.25) is 23.6 Å². The molecule has 35 heavy (non-hydrogen) atoms. The molecule has 4 atom stereocenters. The molecule has 0 saturated heterocycles. The summed E-state index contributed by atoms with van der Waals surface area (Å²) in [6.07, 6.45) is -1.24. The number of aliphatic imine (C=N–C) groups is 1. The van der Waals surface area contributed by atoms with Gasteiger partial charge < -0.3 is 54.2 Å². The number of nitrogens with two attached hydrogens (primary N) is 4. The van der Waals surface area contributed by atoms with Crippen LogP contribution in [0.4, 0.5) is 0 Å². The van der Waals surface area contributed by atoms with Gasteiger partial charge in [-0.05, 0) is 19.3 Å². The number of hydrogen-bond donors (Lipinski definition) is 10. The smallest absolute Gasteiger partial charge is 0.328 e. The third-order valence-electron chi connectivity index (χ3n) is 4.42. The van der Waals surface area contributed by atoms with Crippen molar-refractivity contribution in [1.82, 2.24) is 16.0 Å². The molecule has 4 unspecified atom stereocenters. The molecule has 0 saturated carbocycles. The highest BCUT2D eigenvalue weighted by molar-refractivity contribution is 5.96. The van der Waals surface area contributed by atoms with Crippen molar-refractivity contribution in [2.24, 2.45) is 27.9 Å². The van der Waals surface area contributed by atoms with Crippen LogP contribution in [-0.2, 0) is 28.8 Å². The summed E-state index contributed by atoms with van der Waals surface area (Å²) in [5, 5.41) is 33.3. The fraction of sp³-hybridized carbons (Fsp3) is 0.611. The zero-order chi connectivity index (χ0) is 27.1. The molecule has 17 nitrogen and oxygen atoms in total. The second-order valence-corrected chi connectivity index (χ2v) is 7.36. The number of carboxylic acids is 2. The maximum absolute atomic E-state index is 12.7. The molecule has 0 aromatic rings.